The first kappa shape index (κ1) is 29.8. The molecule has 1 amide bonds. The van der Waals surface area contributed by atoms with Gasteiger partial charge in [-0.15, -0.1) is 0 Å². The van der Waals surface area contributed by atoms with Gasteiger partial charge in [0, 0.05) is 35.5 Å². The lowest BCUT2D eigenvalue weighted by Gasteiger charge is -2.39. The fraction of sp³-hybridized carbons (Fsp3) is 0.290. The first-order valence-electron chi connectivity index (χ1n) is 13.4. The second-order valence-corrected chi connectivity index (χ2v) is 13.2. The lowest BCUT2D eigenvalue weighted by atomic mass is 9.86. The highest BCUT2D eigenvalue weighted by atomic mass is 35.5. The van der Waals surface area contributed by atoms with Gasteiger partial charge in [0.2, 0.25) is 5.91 Å². The van der Waals surface area contributed by atoms with Crippen LogP contribution in [0.15, 0.2) is 71.3 Å². The summed E-state index contributed by atoms with van der Waals surface area (Å²) in [5.41, 5.74) is 8.96. The average molecular weight is 612 g/mol. The van der Waals surface area contributed by atoms with Gasteiger partial charge in [-0.25, -0.2) is 17.6 Å². The number of amides is 1. The average Bonchev–Trinajstić information content (AvgIpc) is 3.16. The number of carbonyl (C=O) groups excluding carboxylic acids is 2. The maximum atomic E-state index is 13.9. The first-order valence-corrected chi connectivity index (χ1v) is 15.7. The normalized spacial score (nSPS) is 19.3. The van der Waals surface area contributed by atoms with E-state index in [-0.39, 0.29) is 47.5 Å². The van der Waals surface area contributed by atoms with Gasteiger partial charge in [0.1, 0.15) is 5.82 Å². The molecule has 0 bridgehead atoms. The predicted octanol–water partition coefficient (Wildman–Crippen LogP) is 4.24. The zero-order valence-electron chi connectivity index (χ0n) is 23.2. The summed E-state index contributed by atoms with van der Waals surface area (Å²) in [6, 6.07) is 16.2. The minimum atomic E-state index is -3.41. The fourth-order valence-corrected chi connectivity index (χ4v) is 6.52. The molecule has 5 rings (SSSR count). The molecule has 1 fully saturated rings. The van der Waals surface area contributed by atoms with E-state index in [9.17, 15) is 22.4 Å². The van der Waals surface area contributed by atoms with Crippen molar-refractivity contribution in [3.63, 3.8) is 0 Å². The van der Waals surface area contributed by atoms with Crippen molar-refractivity contribution in [3.05, 3.63) is 93.9 Å². The van der Waals surface area contributed by atoms with Crippen molar-refractivity contribution >= 4 is 38.9 Å². The molecule has 3 N–H and O–H groups in total. The van der Waals surface area contributed by atoms with Crippen molar-refractivity contribution in [1.29, 1.82) is 0 Å². The third kappa shape index (κ3) is 5.92. The van der Waals surface area contributed by atoms with Crippen LogP contribution >= 0.6 is 11.6 Å². The highest BCUT2D eigenvalue weighted by Crippen LogP contribution is 2.43. The Morgan fingerprint density at radius 2 is 1.90 bits per heavy atom. The molecule has 42 heavy (non-hydrogen) atoms. The van der Waals surface area contributed by atoms with Gasteiger partial charge in [-0.2, -0.15) is 0 Å². The van der Waals surface area contributed by atoms with Crippen LogP contribution in [-0.2, 0) is 30.7 Å². The molecule has 3 aromatic carbocycles. The lowest BCUT2D eigenvalue weighted by Crippen LogP contribution is -2.53. The van der Waals surface area contributed by atoms with Crippen LogP contribution in [0.2, 0.25) is 5.02 Å². The van der Waals surface area contributed by atoms with Gasteiger partial charge in [0.05, 0.1) is 22.7 Å². The van der Waals surface area contributed by atoms with Crippen molar-refractivity contribution in [3.8, 4) is 11.1 Å². The van der Waals surface area contributed by atoms with Gasteiger partial charge in [-0.05, 0) is 73.3 Å². The van der Waals surface area contributed by atoms with Crippen LogP contribution in [0, 0.1) is 12.7 Å². The summed E-state index contributed by atoms with van der Waals surface area (Å²) in [5.74, 6) is -1.23. The summed E-state index contributed by atoms with van der Waals surface area (Å²) in [4.78, 5) is 28.0. The Balaban J connectivity index is 1.37. The van der Waals surface area contributed by atoms with Crippen molar-refractivity contribution < 1.29 is 27.1 Å². The number of likely N-dealkylation sites (tertiary alicyclic amines) is 1. The lowest BCUT2D eigenvalue weighted by molar-refractivity contribution is -0.149. The van der Waals surface area contributed by atoms with Crippen molar-refractivity contribution in [1.82, 2.24) is 10.2 Å². The number of carbonyl (C=O) groups is 2. The smallest absolute Gasteiger partial charge is 0.341 e. The second kappa shape index (κ2) is 11.5. The molecule has 0 radical (unpaired) electrons. The molecule has 1 saturated heterocycles. The molecular formula is C31H31ClFN3O5S. The molecule has 220 valence electrons. The monoisotopic (exact) mass is 611 g/mol. The van der Waals surface area contributed by atoms with E-state index in [0.717, 1.165) is 6.26 Å². The third-order valence-electron chi connectivity index (χ3n) is 7.74. The standard InChI is InChI=1S/C31H31ClFN3O5S/c1-19-13-24(20-8-5-9-22(14-20)42(2,39)40)25(32)15-23(19)28-29(34)31(41-30(28)38)11-6-12-36(18-31)17-27(37)35-16-21-7-3-4-10-26(21)33/h3-5,7-10,13-15H,6,11-12,16-18,34H2,1-2H3,(H,35,37). The number of hydrogen-bond acceptors (Lipinski definition) is 7. The van der Waals surface area contributed by atoms with Gasteiger partial charge in [0.15, 0.2) is 15.4 Å². The van der Waals surface area contributed by atoms with E-state index in [1.807, 2.05) is 11.8 Å². The molecule has 0 aliphatic carbocycles. The maximum absolute atomic E-state index is 13.9. The zero-order valence-corrected chi connectivity index (χ0v) is 24.8. The molecular weight excluding hydrogens is 581 g/mol. The Bertz CT molecular complexity index is 1730. The number of rotatable bonds is 7. The number of ether oxygens (including phenoxy) is 1. The Hall–Kier alpha value is -3.73. The maximum Gasteiger partial charge on any atom is 0.341 e. The van der Waals surface area contributed by atoms with Crippen LogP contribution < -0.4 is 11.1 Å². The Morgan fingerprint density at radius 1 is 1.14 bits per heavy atom. The number of halogens is 2. The molecule has 1 spiro atoms. The topological polar surface area (TPSA) is 119 Å². The number of nitrogens with two attached hydrogens (primary N) is 1. The van der Waals surface area contributed by atoms with E-state index >= 15 is 0 Å². The van der Waals surface area contributed by atoms with Gasteiger partial charge in [-0.1, -0.05) is 41.9 Å². The highest BCUT2D eigenvalue weighted by molar-refractivity contribution is 7.90. The number of nitrogens with zero attached hydrogens (tertiary/aromatic N) is 1. The molecule has 8 nitrogen and oxygen atoms in total. The number of piperidine rings is 1. The molecule has 0 aromatic heterocycles. The predicted molar refractivity (Wildman–Crippen MR) is 159 cm³/mol. The summed E-state index contributed by atoms with van der Waals surface area (Å²) in [5, 5.41) is 3.07. The minimum absolute atomic E-state index is 0.0441. The molecule has 1 atom stereocenters. The SMILES string of the molecule is Cc1cc(-c2cccc(S(C)(=O)=O)c2)c(Cl)cc1C1=C(N)C2(CCCN(CC(=O)NCc3ccccc3F)C2)OC1=O. The second-order valence-electron chi connectivity index (χ2n) is 10.8. The number of benzene rings is 3. The van der Waals surface area contributed by atoms with E-state index in [2.05, 4.69) is 5.32 Å². The van der Waals surface area contributed by atoms with E-state index in [4.69, 9.17) is 22.1 Å². The molecule has 3 aromatic rings. The highest BCUT2D eigenvalue weighted by Gasteiger charge is 2.49. The quantitative estimate of drug-likeness (QED) is 0.384. The van der Waals surface area contributed by atoms with Crippen LogP contribution in [0.4, 0.5) is 4.39 Å². The summed E-state index contributed by atoms with van der Waals surface area (Å²) < 4.78 is 44.0. The molecule has 2 aliphatic rings. The number of esters is 1. The molecule has 2 aliphatic heterocycles. The van der Waals surface area contributed by atoms with E-state index in [1.54, 1.807) is 48.5 Å². The number of nitrogens with one attached hydrogen (secondary N) is 1. The summed E-state index contributed by atoms with van der Waals surface area (Å²) in [7, 11) is -3.41. The Morgan fingerprint density at radius 3 is 2.64 bits per heavy atom. The number of hydrogen-bond donors (Lipinski definition) is 2. The summed E-state index contributed by atoms with van der Waals surface area (Å²) >= 11 is 6.68. The van der Waals surface area contributed by atoms with Crippen LogP contribution in [0.5, 0.6) is 0 Å². The number of sulfone groups is 1. The summed E-state index contributed by atoms with van der Waals surface area (Å²) in [6.07, 6.45) is 2.30. The molecule has 0 saturated carbocycles. The van der Waals surface area contributed by atoms with E-state index < -0.39 is 21.4 Å². The van der Waals surface area contributed by atoms with Crippen LogP contribution in [0.3, 0.4) is 0 Å². The molecule has 1 unspecified atom stereocenters. The van der Waals surface area contributed by atoms with E-state index in [0.29, 0.717) is 52.2 Å². The van der Waals surface area contributed by atoms with E-state index in [1.165, 1.54) is 12.1 Å². The minimum Gasteiger partial charge on any atom is -0.448 e. The van der Waals surface area contributed by atoms with Gasteiger partial charge >= 0.3 is 5.97 Å². The van der Waals surface area contributed by atoms with Crippen LogP contribution in [-0.4, -0.2) is 56.7 Å². The largest absolute Gasteiger partial charge is 0.448 e. The third-order valence-corrected chi connectivity index (χ3v) is 9.17. The summed E-state index contributed by atoms with van der Waals surface area (Å²) in [6.45, 7) is 2.79. The first-order chi connectivity index (χ1) is 19.9. The van der Waals surface area contributed by atoms with Crippen LogP contribution in [0.1, 0.15) is 29.5 Å². The number of aryl methyl sites for hydroxylation is 1. The molecule has 11 heteroatoms. The van der Waals surface area contributed by atoms with Crippen molar-refractivity contribution in [2.24, 2.45) is 5.73 Å². The van der Waals surface area contributed by atoms with Crippen molar-refractivity contribution in [2.75, 3.05) is 25.9 Å². The van der Waals surface area contributed by atoms with Gasteiger partial charge < -0.3 is 15.8 Å². The Labute approximate surface area is 249 Å². The Kier molecular flexibility index (Phi) is 8.15. The van der Waals surface area contributed by atoms with Gasteiger partial charge in [0.25, 0.3) is 0 Å². The van der Waals surface area contributed by atoms with Gasteiger partial charge in [-0.3, -0.25) is 9.69 Å². The van der Waals surface area contributed by atoms with Crippen molar-refractivity contribution in [2.45, 2.75) is 36.8 Å². The molecule has 2 heterocycles. The van der Waals surface area contributed by atoms with Crippen LogP contribution in [0.25, 0.3) is 16.7 Å². The zero-order chi connectivity index (χ0) is 30.2. The fourth-order valence-electron chi connectivity index (χ4n) is 5.58.